The van der Waals surface area contributed by atoms with Gasteiger partial charge in [0.2, 0.25) is 11.8 Å². The number of nitrogens with one attached hydrogen (secondary N) is 2. The first kappa shape index (κ1) is 49.8. The molecule has 4 unspecified atom stereocenters. The van der Waals surface area contributed by atoms with E-state index >= 15 is 0 Å². The van der Waals surface area contributed by atoms with Crippen LogP contribution in [0.25, 0.3) is 0 Å². The average Bonchev–Trinajstić information content (AvgIpc) is 3.13. The van der Waals surface area contributed by atoms with Crippen molar-refractivity contribution in [2.75, 3.05) is 0 Å². The molecule has 2 aliphatic carbocycles. The number of ether oxygens (including phenoxy) is 2. The highest BCUT2D eigenvalue weighted by atomic mass is 28.4. The van der Waals surface area contributed by atoms with E-state index in [2.05, 4.69) is 79.9 Å². The second kappa shape index (κ2) is 21.3. The third-order valence-corrected chi connectivity index (χ3v) is 16.1. The normalized spacial score (nSPS) is 21.4. The minimum atomic E-state index is -2.70. The van der Waals surface area contributed by atoms with Gasteiger partial charge in [-0.25, -0.2) is 9.59 Å². The Morgan fingerprint density at radius 3 is 1.36 bits per heavy atom. The lowest BCUT2D eigenvalue weighted by molar-refractivity contribution is -0.161. The lowest BCUT2D eigenvalue weighted by Gasteiger charge is -2.46. The molecule has 11 heteroatoms. The molecule has 0 aliphatic heterocycles. The summed E-state index contributed by atoms with van der Waals surface area (Å²) in [4.78, 5) is 50.8. The summed E-state index contributed by atoms with van der Waals surface area (Å²) >= 11 is 0. The maximum absolute atomic E-state index is 13.5. The van der Waals surface area contributed by atoms with E-state index in [1.165, 1.54) is 10.4 Å². The Morgan fingerprint density at radius 2 is 1.00 bits per heavy atom. The summed E-state index contributed by atoms with van der Waals surface area (Å²) < 4.78 is 18.3. The summed E-state index contributed by atoms with van der Waals surface area (Å²) in [6, 6.07) is 20.0. The molecule has 0 spiro atoms. The highest BCUT2D eigenvalue weighted by Crippen LogP contribution is 2.40. The van der Waals surface area contributed by atoms with Gasteiger partial charge in [-0.3, -0.25) is 9.59 Å². The maximum atomic E-state index is 13.5. The molecule has 10 nitrogen and oxygen atoms in total. The van der Waals surface area contributed by atoms with Crippen molar-refractivity contribution in [3.05, 3.63) is 60.7 Å². The van der Waals surface area contributed by atoms with Gasteiger partial charge in [0, 0.05) is 17.9 Å². The van der Waals surface area contributed by atoms with Crippen molar-refractivity contribution < 1.29 is 38.2 Å². The standard InChI is InChI=1S/C32H47NO4Si.C16H29NO4/c1-23(2)28(30(35)36-31(3,4)5)33-29(34)24-16-15-17-25(22-24)37-38(32(6,7)8,26-18-11-9-12-19-26)27-20-13-10-14-21-27;1-10(2)13(15(20)21-16(3,4)5)17-14(19)11-7-6-8-12(18)9-11/h9-14,18-21,23-25,28H,15-17,22H2,1-8H3,(H,33,34);10-13,18H,6-9H2,1-5H3,(H,17,19)/t24?,25?,28-;11?,12?,13-/m00/s1. The van der Waals surface area contributed by atoms with Crippen LogP contribution in [0.1, 0.15) is 141 Å². The molecule has 4 rings (SSSR count). The van der Waals surface area contributed by atoms with Crippen molar-refractivity contribution in [1.29, 1.82) is 0 Å². The average molecular weight is 837 g/mol. The van der Waals surface area contributed by atoms with Crippen LogP contribution in [0.2, 0.25) is 5.04 Å². The summed E-state index contributed by atoms with van der Waals surface area (Å²) in [7, 11) is -2.70. The Kier molecular flexibility index (Phi) is 18.0. The largest absolute Gasteiger partial charge is 0.458 e. The van der Waals surface area contributed by atoms with E-state index in [9.17, 15) is 24.3 Å². The van der Waals surface area contributed by atoms with E-state index in [0.29, 0.717) is 12.8 Å². The Labute approximate surface area is 356 Å². The van der Waals surface area contributed by atoms with Gasteiger partial charge in [-0.1, -0.05) is 122 Å². The topological polar surface area (TPSA) is 140 Å². The predicted molar refractivity (Wildman–Crippen MR) is 238 cm³/mol. The maximum Gasteiger partial charge on any atom is 0.329 e. The lowest BCUT2D eigenvalue weighted by atomic mass is 9.86. The molecule has 2 aliphatic rings. The van der Waals surface area contributed by atoms with Gasteiger partial charge in [-0.15, -0.1) is 0 Å². The molecule has 3 N–H and O–H groups in total. The Morgan fingerprint density at radius 1 is 0.610 bits per heavy atom. The summed E-state index contributed by atoms with van der Waals surface area (Å²) in [5.41, 5.74) is -1.18. The lowest BCUT2D eigenvalue weighted by Crippen LogP contribution is -2.68. The van der Waals surface area contributed by atoms with Crippen molar-refractivity contribution in [3.8, 4) is 0 Å². The molecule has 2 saturated carbocycles. The number of amides is 2. The molecular weight excluding hydrogens is 761 g/mol. The highest BCUT2D eigenvalue weighted by molar-refractivity contribution is 6.99. The Balaban J connectivity index is 0.000000375. The van der Waals surface area contributed by atoms with Crippen LogP contribution in [-0.4, -0.2) is 72.7 Å². The van der Waals surface area contributed by atoms with Crippen LogP contribution in [-0.2, 0) is 33.1 Å². The molecule has 0 saturated heterocycles. The summed E-state index contributed by atoms with van der Waals surface area (Å²) in [5.74, 6) is -1.53. The molecule has 2 aromatic carbocycles. The molecule has 0 bridgehead atoms. The van der Waals surface area contributed by atoms with Gasteiger partial charge >= 0.3 is 11.9 Å². The van der Waals surface area contributed by atoms with Crippen molar-refractivity contribution in [1.82, 2.24) is 10.6 Å². The van der Waals surface area contributed by atoms with E-state index in [4.69, 9.17) is 13.9 Å². The Bertz CT molecular complexity index is 1610. The summed E-state index contributed by atoms with van der Waals surface area (Å²) in [6.45, 7) is 25.4. The second-order valence-corrected chi connectivity index (χ2v) is 24.6. The Hall–Kier alpha value is -3.54. The predicted octanol–water partition coefficient (Wildman–Crippen LogP) is 7.62. The monoisotopic (exact) mass is 837 g/mol. The first-order chi connectivity index (χ1) is 27.3. The zero-order valence-electron chi connectivity index (χ0n) is 38.4. The third kappa shape index (κ3) is 14.8. The van der Waals surface area contributed by atoms with Crippen molar-refractivity contribution in [2.45, 2.75) is 182 Å². The number of rotatable bonds is 12. The molecule has 6 atom stereocenters. The zero-order chi connectivity index (χ0) is 44.3. The number of aliphatic hydroxyl groups excluding tert-OH is 1. The van der Waals surface area contributed by atoms with Crippen LogP contribution in [0.15, 0.2) is 60.7 Å². The first-order valence-corrected chi connectivity index (χ1v) is 23.8. The van der Waals surface area contributed by atoms with Crippen LogP contribution in [0, 0.1) is 23.7 Å². The van der Waals surface area contributed by atoms with E-state index < -0.39 is 43.7 Å². The fourth-order valence-corrected chi connectivity index (χ4v) is 12.8. The number of hydrogen-bond acceptors (Lipinski definition) is 8. The van der Waals surface area contributed by atoms with Gasteiger partial charge in [-0.2, -0.15) is 0 Å². The van der Waals surface area contributed by atoms with E-state index in [0.717, 1.165) is 38.5 Å². The van der Waals surface area contributed by atoms with Gasteiger partial charge in [0.1, 0.15) is 23.3 Å². The molecule has 2 amide bonds. The molecular formula is C48H76N2O8Si. The molecule has 0 aromatic heterocycles. The quantitative estimate of drug-likeness (QED) is 0.147. The SMILES string of the molecule is CC(C)[C@H](NC(=O)C1CCCC(O)C1)C(=O)OC(C)(C)C.CC(C)[C@H](NC(=O)C1CCCC(O[Si](c2ccccc2)(c2ccccc2)C(C)(C)C)C1)C(=O)OC(C)(C)C. The molecule has 330 valence electrons. The number of hydrogen-bond donors (Lipinski definition) is 3. The van der Waals surface area contributed by atoms with Crippen molar-refractivity contribution >= 4 is 42.4 Å². The highest BCUT2D eigenvalue weighted by Gasteiger charge is 2.52. The van der Waals surface area contributed by atoms with Crippen molar-refractivity contribution in [3.63, 3.8) is 0 Å². The number of carbonyl (C=O) groups is 4. The van der Waals surface area contributed by atoms with Gasteiger partial charge in [-0.05, 0) is 107 Å². The number of benzene rings is 2. The molecule has 2 aromatic rings. The first-order valence-electron chi connectivity index (χ1n) is 21.9. The zero-order valence-corrected chi connectivity index (χ0v) is 39.4. The fraction of sp³-hybridized carbons (Fsp3) is 0.667. The molecule has 0 heterocycles. The molecule has 59 heavy (non-hydrogen) atoms. The molecule has 2 fully saturated rings. The van der Waals surface area contributed by atoms with E-state index in [1.807, 2.05) is 81.4 Å². The third-order valence-electron chi connectivity index (χ3n) is 11.0. The van der Waals surface area contributed by atoms with Crippen molar-refractivity contribution in [2.24, 2.45) is 23.7 Å². The van der Waals surface area contributed by atoms with Gasteiger partial charge in [0.05, 0.1) is 6.10 Å². The number of esters is 2. The van der Waals surface area contributed by atoms with Gasteiger partial charge in [0.15, 0.2) is 0 Å². The minimum Gasteiger partial charge on any atom is -0.458 e. The van der Waals surface area contributed by atoms with Gasteiger partial charge in [0.25, 0.3) is 8.32 Å². The minimum absolute atomic E-state index is 0.0372. The van der Waals surface area contributed by atoms with E-state index in [-0.39, 0.29) is 52.6 Å². The van der Waals surface area contributed by atoms with Crippen LogP contribution in [0.5, 0.6) is 0 Å². The van der Waals surface area contributed by atoms with E-state index in [1.54, 1.807) is 0 Å². The van der Waals surface area contributed by atoms with Crippen LogP contribution < -0.4 is 21.0 Å². The van der Waals surface area contributed by atoms with Crippen LogP contribution >= 0.6 is 0 Å². The summed E-state index contributed by atoms with van der Waals surface area (Å²) in [6.07, 6.45) is 5.68. The fourth-order valence-electron chi connectivity index (χ4n) is 8.10. The van der Waals surface area contributed by atoms with Gasteiger partial charge < -0.3 is 29.6 Å². The van der Waals surface area contributed by atoms with Crippen LogP contribution in [0.3, 0.4) is 0 Å². The second-order valence-electron chi connectivity index (χ2n) is 20.3. The summed E-state index contributed by atoms with van der Waals surface area (Å²) in [5, 5.41) is 17.9. The molecule has 0 radical (unpaired) electrons. The smallest absolute Gasteiger partial charge is 0.329 e. The number of carbonyl (C=O) groups excluding carboxylic acids is 4. The van der Waals surface area contributed by atoms with Crippen LogP contribution in [0.4, 0.5) is 0 Å². The number of aliphatic hydroxyl groups is 1.